The predicted molar refractivity (Wildman–Crippen MR) is 116 cm³/mol. The lowest BCUT2D eigenvalue weighted by atomic mass is 9.90. The van der Waals surface area contributed by atoms with E-state index in [1.165, 1.54) is 12.0 Å². The second-order valence-corrected chi connectivity index (χ2v) is 14.4. The van der Waals surface area contributed by atoms with Gasteiger partial charge in [0.15, 0.2) is 0 Å². The van der Waals surface area contributed by atoms with E-state index in [1.54, 1.807) is 0 Å². The maximum Gasteiger partial charge on any atom is 0.410 e. The minimum Gasteiger partial charge on any atom is -0.444 e. The molecule has 2 rings (SSSR count). The number of nitrogens with zero attached hydrogens (tertiary/aromatic N) is 1. The van der Waals surface area contributed by atoms with E-state index >= 15 is 0 Å². The molecular weight excluding hydrogens is 350 g/mol. The van der Waals surface area contributed by atoms with Crippen molar-refractivity contribution in [2.24, 2.45) is 5.92 Å². The maximum atomic E-state index is 12.1. The lowest BCUT2D eigenvalue weighted by molar-refractivity contribution is 0.0181. The predicted octanol–water partition coefficient (Wildman–Crippen LogP) is 5.50. The quantitative estimate of drug-likeness (QED) is 0.508. The van der Waals surface area contributed by atoms with Crippen LogP contribution in [0.5, 0.6) is 0 Å². The zero-order valence-electron chi connectivity index (χ0n) is 17.9. The monoisotopic (exact) mass is 385 g/mol. The van der Waals surface area contributed by atoms with Crippen LogP contribution in [-0.4, -0.2) is 37.8 Å². The molecule has 3 nitrogen and oxygen atoms in total. The Morgan fingerprint density at radius 3 is 2.26 bits per heavy atom. The highest BCUT2D eigenvalue weighted by molar-refractivity contribution is 6.83. The second-order valence-electron chi connectivity index (χ2n) is 9.65. The van der Waals surface area contributed by atoms with E-state index in [-0.39, 0.29) is 6.09 Å². The van der Waals surface area contributed by atoms with Crippen molar-refractivity contribution in [1.29, 1.82) is 0 Å². The van der Waals surface area contributed by atoms with E-state index in [9.17, 15) is 4.79 Å². The van der Waals surface area contributed by atoms with Gasteiger partial charge in [0.05, 0.1) is 0 Å². The van der Waals surface area contributed by atoms with Crippen LogP contribution in [0.3, 0.4) is 0 Å². The van der Waals surface area contributed by atoms with Crippen LogP contribution >= 0.6 is 0 Å². The van der Waals surface area contributed by atoms with Gasteiger partial charge in [-0.25, -0.2) is 4.79 Å². The summed E-state index contributed by atoms with van der Waals surface area (Å²) in [6, 6.07) is 8.72. The second kappa shape index (κ2) is 8.97. The molecule has 27 heavy (non-hydrogen) atoms. The standard InChI is InChI=1S/C23H35NO2Si/c1-23(2,3)26-22(25)24-16-13-21(14-17-24)12-9-19-7-10-20(11-8-19)15-18-27(4,5)6/h7-8,10-11,21H,9,12-14,16-17H2,1-6H3. The lowest BCUT2D eigenvalue weighted by Crippen LogP contribution is -2.41. The Labute approximate surface area is 166 Å². The average molecular weight is 386 g/mol. The lowest BCUT2D eigenvalue weighted by Gasteiger charge is -2.33. The summed E-state index contributed by atoms with van der Waals surface area (Å²) < 4.78 is 5.47. The molecule has 1 aromatic rings. The summed E-state index contributed by atoms with van der Waals surface area (Å²) in [6.45, 7) is 14.2. The van der Waals surface area contributed by atoms with Crippen LogP contribution in [-0.2, 0) is 11.2 Å². The summed E-state index contributed by atoms with van der Waals surface area (Å²) in [5, 5.41) is 0. The zero-order chi connectivity index (χ0) is 20.1. The topological polar surface area (TPSA) is 29.5 Å². The Kier molecular flexibility index (Phi) is 7.17. The number of piperidine rings is 1. The smallest absolute Gasteiger partial charge is 0.410 e. The number of rotatable bonds is 3. The summed E-state index contributed by atoms with van der Waals surface area (Å²) in [5.74, 6) is 4.00. The molecule has 0 aliphatic carbocycles. The van der Waals surface area contributed by atoms with Gasteiger partial charge in [-0.05, 0) is 70.1 Å². The van der Waals surface area contributed by atoms with Crippen molar-refractivity contribution in [3.63, 3.8) is 0 Å². The van der Waals surface area contributed by atoms with Crippen molar-refractivity contribution < 1.29 is 9.53 Å². The van der Waals surface area contributed by atoms with E-state index in [4.69, 9.17) is 4.74 Å². The van der Waals surface area contributed by atoms with Gasteiger partial charge in [-0.15, -0.1) is 5.54 Å². The first-order valence-electron chi connectivity index (χ1n) is 10.1. The SMILES string of the molecule is CC(C)(C)OC(=O)N1CCC(CCc2ccc(C#C[Si](C)(C)C)cc2)CC1. The number of carbonyl (C=O) groups excluding carboxylic acids is 1. The summed E-state index contributed by atoms with van der Waals surface area (Å²) in [5.41, 5.74) is 5.49. The normalized spacial score (nSPS) is 15.9. The van der Waals surface area contributed by atoms with Gasteiger partial charge in [-0.1, -0.05) is 37.7 Å². The molecule has 4 heteroatoms. The van der Waals surface area contributed by atoms with Crippen LogP contribution < -0.4 is 0 Å². The van der Waals surface area contributed by atoms with Crippen LogP contribution in [0.4, 0.5) is 4.79 Å². The third kappa shape index (κ3) is 8.22. The molecule has 1 aliphatic rings. The molecule has 148 valence electrons. The Hall–Kier alpha value is -1.73. The Morgan fingerprint density at radius 1 is 1.15 bits per heavy atom. The minimum absolute atomic E-state index is 0.170. The number of carbonyl (C=O) groups is 1. The van der Waals surface area contributed by atoms with Gasteiger partial charge in [-0.3, -0.25) is 0 Å². The highest BCUT2D eigenvalue weighted by Crippen LogP contribution is 2.24. The molecule has 1 amide bonds. The molecule has 1 saturated heterocycles. The molecule has 0 saturated carbocycles. The van der Waals surface area contributed by atoms with E-state index in [2.05, 4.69) is 55.4 Å². The molecule has 0 unspecified atom stereocenters. The molecular formula is C23H35NO2Si. The Bertz CT molecular complexity index is 678. The molecule has 0 atom stereocenters. The fraction of sp³-hybridized carbons (Fsp3) is 0.609. The summed E-state index contributed by atoms with van der Waals surface area (Å²) in [4.78, 5) is 14.0. The van der Waals surface area contributed by atoms with Crippen molar-refractivity contribution in [1.82, 2.24) is 4.90 Å². The van der Waals surface area contributed by atoms with Crippen molar-refractivity contribution in [2.45, 2.75) is 71.7 Å². The molecule has 1 aliphatic heterocycles. The number of hydrogen-bond acceptors (Lipinski definition) is 2. The zero-order valence-corrected chi connectivity index (χ0v) is 18.9. The fourth-order valence-electron chi connectivity index (χ4n) is 3.12. The summed E-state index contributed by atoms with van der Waals surface area (Å²) in [7, 11) is -1.32. The van der Waals surface area contributed by atoms with E-state index in [0.717, 1.165) is 37.9 Å². The number of hydrogen-bond donors (Lipinski definition) is 0. The third-order valence-electron chi connectivity index (χ3n) is 4.64. The molecule has 0 spiro atoms. The van der Waals surface area contributed by atoms with E-state index in [1.807, 2.05) is 25.7 Å². The first-order valence-corrected chi connectivity index (χ1v) is 13.6. The van der Waals surface area contributed by atoms with Gasteiger partial charge >= 0.3 is 6.09 Å². The average Bonchev–Trinajstić information content (AvgIpc) is 2.57. The number of ether oxygens (including phenoxy) is 1. The first kappa shape index (κ1) is 21.6. The maximum absolute atomic E-state index is 12.1. The summed E-state index contributed by atoms with van der Waals surface area (Å²) >= 11 is 0. The van der Waals surface area contributed by atoms with Crippen molar-refractivity contribution in [3.05, 3.63) is 35.4 Å². The van der Waals surface area contributed by atoms with Gasteiger partial charge < -0.3 is 9.64 Å². The molecule has 0 radical (unpaired) electrons. The third-order valence-corrected chi connectivity index (χ3v) is 5.52. The Morgan fingerprint density at radius 2 is 1.74 bits per heavy atom. The Balaban J connectivity index is 1.76. The van der Waals surface area contributed by atoms with Gasteiger partial charge in [0, 0.05) is 18.7 Å². The van der Waals surface area contributed by atoms with Crippen LogP contribution in [0.1, 0.15) is 51.2 Å². The van der Waals surface area contributed by atoms with Gasteiger partial charge in [-0.2, -0.15) is 0 Å². The van der Waals surface area contributed by atoms with Gasteiger partial charge in [0.2, 0.25) is 0 Å². The number of aryl methyl sites for hydroxylation is 1. The summed E-state index contributed by atoms with van der Waals surface area (Å²) in [6.07, 6.45) is 4.25. The van der Waals surface area contributed by atoms with Gasteiger partial charge in [0.1, 0.15) is 13.7 Å². The van der Waals surface area contributed by atoms with Crippen LogP contribution in [0, 0.1) is 17.4 Å². The van der Waals surface area contributed by atoms with E-state index < -0.39 is 13.7 Å². The molecule has 1 fully saturated rings. The highest BCUT2D eigenvalue weighted by atomic mass is 28.3. The molecule has 0 bridgehead atoms. The number of amides is 1. The highest BCUT2D eigenvalue weighted by Gasteiger charge is 2.26. The fourth-order valence-corrected chi connectivity index (χ4v) is 3.64. The minimum atomic E-state index is -1.32. The number of likely N-dealkylation sites (tertiary alicyclic amines) is 1. The molecule has 0 N–H and O–H groups in total. The van der Waals surface area contributed by atoms with E-state index in [0.29, 0.717) is 5.92 Å². The van der Waals surface area contributed by atoms with Crippen LogP contribution in [0.15, 0.2) is 24.3 Å². The van der Waals surface area contributed by atoms with Crippen LogP contribution in [0.2, 0.25) is 19.6 Å². The first-order chi connectivity index (χ1) is 12.5. The van der Waals surface area contributed by atoms with Crippen molar-refractivity contribution in [2.75, 3.05) is 13.1 Å². The largest absolute Gasteiger partial charge is 0.444 e. The molecule has 1 heterocycles. The molecule has 0 aromatic heterocycles. The van der Waals surface area contributed by atoms with Crippen molar-refractivity contribution >= 4 is 14.2 Å². The van der Waals surface area contributed by atoms with Crippen molar-refractivity contribution in [3.8, 4) is 11.5 Å². The molecule has 1 aromatic carbocycles. The van der Waals surface area contributed by atoms with Crippen LogP contribution in [0.25, 0.3) is 0 Å². The van der Waals surface area contributed by atoms with Gasteiger partial charge in [0.25, 0.3) is 0 Å². The number of benzene rings is 1.